The van der Waals surface area contributed by atoms with Crippen LogP contribution in [0.15, 0.2) is 72.4 Å². The number of phenolic OH excluding ortho intramolecular Hbond substituents is 1. The number of aliphatic hydroxyl groups is 1. The van der Waals surface area contributed by atoms with Gasteiger partial charge in [0.1, 0.15) is 23.0 Å². The predicted octanol–water partition coefficient (Wildman–Crippen LogP) is 5.21. The molecular formula is C29H25ClN2O6. The van der Waals surface area contributed by atoms with Gasteiger partial charge in [0.2, 0.25) is 0 Å². The molecule has 1 aliphatic heterocycles. The number of aliphatic hydroxyl groups excluding tert-OH is 1. The molecule has 3 N–H and O–H groups in total. The number of nitrogens with one attached hydrogen (secondary N) is 1. The normalized spacial score (nSPS) is 16.8. The molecule has 38 heavy (non-hydrogen) atoms. The number of benzene rings is 3. The first-order valence-corrected chi connectivity index (χ1v) is 12.3. The Labute approximate surface area is 223 Å². The number of hydrogen-bond acceptors (Lipinski definition) is 6. The van der Waals surface area contributed by atoms with Crippen molar-refractivity contribution < 1.29 is 29.3 Å². The lowest BCUT2D eigenvalue weighted by molar-refractivity contribution is -0.139. The molecule has 1 saturated heterocycles. The summed E-state index contributed by atoms with van der Waals surface area (Å²) in [5.41, 5.74) is 2.58. The average molecular weight is 533 g/mol. The zero-order valence-electron chi connectivity index (χ0n) is 20.7. The van der Waals surface area contributed by atoms with E-state index in [1.54, 1.807) is 12.1 Å². The molecular weight excluding hydrogens is 508 g/mol. The van der Waals surface area contributed by atoms with E-state index in [2.05, 4.69) is 4.98 Å². The van der Waals surface area contributed by atoms with Crippen molar-refractivity contribution in [1.29, 1.82) is 0 Å². The molecule has 1 aliphatic rings. The Hall–Kier alpha value is -4.43. The number of fused-ring (bicyclic) bond motifs is 1. The minimum atomic E-state index is -0.897. The molecule has 5 rings (SSSR count). The maximum atomic E-state index is 13.4. The highest BCUT2D eigenvalue weighted by Gasteiger charge is 2.46. The van der Waals surface area contributed by atoms with Crippen LogP contribution in [-0.2, 0) is 16.0 Å². The van der Waals surface area contributed by atoms with Gasteiger partial charge in [0.15, 0.2) is 0 Å². The molecule has 0 saturated carbocycles. The minimum Gasteiger partial charge on any atom is -0.508 e. The van der Waals surface area contributed by atoms with E-state index >= 15 is 0 Å². The quantitative estimate of drug-likeness (QED) is 0.171. The number of aromatic hydroxyl groups is 1. The number of ether oxygens (including phenoxy) is 2. The molecule has 0 aliphatic carbocycles. The molecule has 0 radical (unpaired) electrons. The van der Waals surface area contributed by atoms with Gasteiger partial charge in [0.05, 0.1) is 36.4 Å². The van der Waals surface area contributed by atoms with Crippen molar-refractivity contribution in [2.75, 3.05) is 20.8 Å². The van der Waals surface area contributed by atoms with Gasteiger partial charge >= 0.3 is 0 Å². The summed E-state index contributed by atoms with van der Waals surface area (Å²) in [7, 11) is 2.86. The predicted molar refractivity (Wildman–Crippen MR) is 144 cm³/mol. The highest BCUT2D eigenvalue weighted by molar-refractivity contribution is 6.46. The van der Waals surface area contributed by atoms with Crippen LogP contribution in [0.1, 0.15) is 22.7 Å². The van der Waals surface area contributed by atoms with Crippen LogP contribution in [0.3, 0.4) is 0 Å². The van der Waals surface area contributed by atoms with Gasteiger partial charge in [-0.25, -0.2) is 0 Å². The van der Waals surface area contributed by atoms with Crippen molar-refractivity contribution in [2.45, 2.75) is 12.5 Å². The molecule has 1 atom stereocenters. The number of rotatable bonds is 7. The standard InChI is InChI=1S/C29H25ClN2O6/c1-37-23-14-24(38-2)21(30)13-20(23)27(34)25-26(16-7-9-18(33)10-8-16)32(29(36)28(25)35)12-11-17-15-31-22-6-4-3-5-19(17)22/h3-10,13-15,26,31,33-34H,11-12H2,1-2H3/b27-25+. The molecule has 1 aromatic heterocycles. The number of carbonyl (C=O) groups excluding carboxylic acids is 2. The van der Waals surface area contributed by atoms with E-state index in [0.29, 0.717) is 17.7 Å². The monoisotopic (exact) mass is 532 g/mol. The summed E-state index contributed by atoms with van der Waals surface area (Å²) in [5.74, 6) is -1.39. The van der Waals surface area contributed by atoms with Crippen molar-refractivity contribution in [3.8, 4) is 17.2 Å². The Morgan fingerprint density at radius 1 is 1.03 bits per heavy atom. The van der Waals surface area contributed by atoms with Crippen LogP contribution >= 0.6 is 11.6 Å². The largest absolute Gasteiger partial charge is 0.508 e. The summed E-state index contributed by atoms with van der Waals surface area (Å²) in [6.45, 7) is 0.218. The van der Waals surface area contributed by atoms with Gasteiger partial charge in [-0.2, -0.15) is 0 Å². The number of nitrogens with zero attached hydrogens (tertiary/aromatic N) is 1. The zero-order valence-corrected chi connectivity index (χ0v) is 21.5. The first-order chi connectivity index (χ1) is 18.3. The average Bonchev–Trinajstić information content (AvgIpc) is 3.45. The van der Waals surface area contributed by atoms with Crippen LogP contribution in [0.5, 0.6) is 17.2 Å². The summed E-state index contributed by atoms with van der Waals surface area (Å²) in [6.07, 6.45) is 2.37. The third kappa shape index (κ3) is 4.33. The van der Waals surface area contributed by atoms with Crippen LogP contribution in [0.25, 0.3) is 16.7 Å². The van der Waals surface area contributed by atoms with Crippen molar-refractivity contribution in [2.24, 2.45) is 0 Å². The summed E-state index contributed by atoms with van der Waals surface area (Å²) in [4.78, 5) is 31.4. The maximum absolute atomic E-state index is 13.4. The van der Waals surface area contributed by atoms with Gasteiger partial charge in [0.25, 0.3) is 11.7 Å². The third-order valence-corrected chi connectivity index (χ3v) is 7.07. The van der Waals surface area contributed by atoms with Crippen LogP contribution in [0, 0.1) is 0 Å². The Balaban J connectivity index is 1.61. The number of aromatic amines is 1. The molecule has 8 nitrogen and oxygen atoms in total. The molecule has 4 aromatic rings. The summed E-state index contributed by atoms with van der Waals surface area (Å²) in [6, 6.07) is 16.1. The Bertz CT molecular complexity index is 1570. The molecule has 1 fully saturated rings. The Kier molecular flexibility index (Phi) is 6.73. The van der Waals surface area contributed by atoms with E-state index in [1.807, 2.05) is 30.5 Å². The van der Waals surface area contributed by atoms with E-state index in [0.717, 1.165) is 16.5 Å². The number of para-hydroxylation sites is 1. The number of H-pyrrole nitrogens is 1. The lowest BCUT2D eigenvalue weighted by Crippen LogP contribution is -2.31. The Morgan fingerprint density at radius 2 is 1.74 bits per heavy atom. The second-order valence-electron chi connectivity index (χ2n) is 8.88. The van der Waals surface area contributed by atoms with E-state index in [4.69, 9.17) is 21.1 Å². The van der Waals surface area contributed by atoms with Gasteiger partial charge in [-0.05, 0) is 41.8 Å². The fourth-order valence-electron chi connectivity index (χ4n) is 4.88. The molecule has 2 heterocycles. The van der Waals surface area contributed by atoms with Gasteiger partial charge in [-0.3, -0.25) is 9.59 Å². The number of carbonyl (C=O) groups is 2. The summed E-state index contributed by atoms with van der Waals surface area (Å²) < 4.78 is 10.7. The number of Topliss-reactive ketones (excluding diaryl/α,β-unsaturated/α-hetero) is 1. The highest BCUT2D eigenvalue weighted by Crippen LogP contribution is 2.43. The number of amides is 1. The summed E-state index contributed by atoms with van der Waals surface area (Å²) in [5, 5.41) is 22.5. The smallest absolute Gasteiger partial charge is 0.295 e. The number of halogens is 1. The molecule has 1 unspecified atom stereocenters. The lowest BCUT2D eigenvalue weighted by atomic mass is 9.94. The number of hydrogen-bond donors (Lipinski definition) is 3. The maximum Gasteiger partial charge on any atom is 0.295 e. The second-order valence-corrected chi connectivity index (χ2v) is 9.29. The van der Waals surface area contributed by atoms with Crippen LogP contribution in [0.4, 0.5) is 0 Å². The zero-order chi connectivity index (χ0) is 27.0. The van der Waals surface area contributed by atoms with Gasteiger partial charge in [0, 0.05) is 29.7 Å². The van der Waals surface area contributed by atoms with Gasteiger partial charge in [-0.15, -0.1) is 0 Å². The topological polar surface area (TPSA) is 112 Å². The molecule has 9 heteroatoms. The van der Waals surface area contributed by atoms with Crippen LogP contribution < -0.4 is 9.47 Å². The van der Waals surface area contributed by atoms with Crippen molar-refractivity contribution in [3.63, 3.8) is 0 Å². The van der Waals surface area contributed by atoms with Gasteiger partial charge in [-0.1, -0.05) is 41.9 Å². The SMILES string of the molecule is COc1cc(OC)c(/C(O)=C2\C(=O)C(=O)N(CCc3c[nH]c4ccccc34)C2c2ccc(O)cc2)cc1Cl. The summed E-state index contributed by atoms with van der Waals surface area (Å²) >= 11 is 6.32. The van der Waals surface area contributed by atoms with Crippen LogP contribution in [0.2, 0.25) is 5.02 Å². The molecule has 0 spiro atoms. The van der Waals surface area contributed by atoms with Crippen molar-refractivity contribution >= 4 is 40.0 Å². The number of phenols is 1. The number of aromatic nitrogens is 1. The minimum absolute atomic E-state index is 0.0353. The van der Waals surface area contributed by atoms with Crippen molar-refractivity contribution in [1.82, 2.24) is 9.88 Å². The van der Waals surface area contributed by atoms with Crippen LogP contribution in [-0.4, -0.2) is 52.6 Å². The first-order valence-electron chi connectivity index (χ1n) is 11.9. The molecule has 3 aromatic carbocycles. The first kappa shape index (κ1) is 25.2. The number of methoxy groups -OCH3 is 2. The Morgan fingerprint density at radius 3 is 2.45 bits per heavy atom. The van der Waals surface area contributed by atoms with Crippen molar-refractivity contribution in [3.05, 3.63) is 94.1 Å². The van der Waals surface area contributed by atoms with Gasteiger partial charge < -0.3 is 29.6 Å². The van der Waals surface area contributed by atoms with E-state index in [-0.39, 0.29) is 34.2 Å². The lowest BCUT2D eigenvalue weighted by Gasteiger charge is -2.25. The highest BCUT2D eigenvalue weighted by atomic mass is 35.5. The fourth-order valence-corrected chi connectivity index (χ4v) is 5.12. The molecule has 0 bridgehead atoms. The fraction of sp³-hybridized carbons (Fsp3) is 0.172. The molecule has 194 valence electrons. The third-order valence-electron chi connectivity index (χ3n) is 6.77. The molecule has 1 amide bonds. The van der Waals surface area contributed by atoms with E-state index < -0.39 is 23.5 Å². The number of ketones is 1. The number of likely N-dealkylation sites (tertiary alicyclic amines) is 1. The van der Waals surface area contributed by atoms with E-state index in [9.17, 15) is 19.8 Å². The second kappa shape index (κ2) is 10.1. The van der Waals surface area contributed by atoms with E-state index in [1.165, 1.54) is 43.4 Å².